The predicted octanol–water partition coefficient (Wildman–Crippen LogP) is 4.19. The number of para-hydroxylation sites is 1. The van der Waals surface area contributed by atoms with Gasteiger partial charge in [-0.05, 0) is 36.1 Å². The first kappa shape index (κ1) is 19.6. The Balaban J connectivity index is 1.58. The van der Waals surface area contributed by atoms with Crippen molar-refractivity contribution in [2.24, 2.45) is 0 Å². The van der Waals surface area contributed by atoms with Crippen molar-refractivity contribution >= 4 is 23.2 Å². The molecular weight excluding hydrogens is 374 g/mol. The first-order chi connectivity index (χ1) is 13.6. The van der Waals surface area contributed by atoms with E-state index < -0.39 is 12.1 Å². The number of esters is 1. The van der Waals surface area contributed by atoms with E-state index in [1.165, 1.54) is 0 Å². The van der Waals surface area contributed by atoms with Gasteiger partial charge in [-0.2, -0.15) is 0 Å². The Morgan fingerprint density at radius 3 is 2.50 bits per heavy atom. The Bertz CT molecular complexity index is 909. The van der Waals surface area contributed by atoms with E-state index in [2.05, 4.69) is 5.32 Å². The Labute approximate surface area is 167 Å². The average molecular weight is 395 g/mol. The van der Waals surface area contributed by atoms with Crippen LogP contribution in [0.2, 0.25) is 0 Å². The zero-order valence-corrected chi connectivity index (χ0v) is 16.3. The molecule has 3 rings (SSSR count). The van der Waals surface area contributed by atoms with E-state index >= 15 is 0 Å². The maximum absolute atomic E-state index is 12.5. The van der Waals surface area contributed by atoms with E-state index in [0.29, 0.717) is 18.9 Å². The summed E-state index contributed by atoms with van der Waals surface area (Å²) in [6.07, 6.45) is -0.908. The number of thiophene rings is 1. The third kappa shape index (κ3) is 5.44. The molecule has 1 amide bonds. The first-order valence-corrected chi connectivity index (χ1v) is 9.78. The molecule has 0 aliphatic heterocycles. The topological polar surface area (TPSA) is 64.6 Å². The predicted molar refractivity (Wildman–Crippen MR) is 108 cm³/mol. The normalized spacial score (nSPS) is 11.5. The monoisotopic (exact) mass is 395 g/mol. The van der Waals surface area contributed by atoms with E-state index in [-0.39, 0.29) is 11.5 Å². The molecule has 0 saturated carbocycles. The van der Waals surface area contributed by atoms with Gasteiger partial charge in [0, 0.05) is 4.88 Å². The summed E-state index contributed by atoms with van der Waals surface area (Å²) in [5.41, 5.74) is 1.28. The molecule has 28 heavy (non-hydrogen) atoms. The van der Waals surface area contributed by atoms with Gasteiger partial charge in [-0.25, -0.2) is 4.79 Å². The number of nitrogens with one attached hydrogen (secondary N) is 1. The number of rotatable bonds is 8. The molecular formula is C22H21NO4S. The third-order valence-corrected chi connectivity index (χ3v) is 4.89. The molecule has 1 atom stereocenters. The third-order valence-electron chi connectivity index (χ3n) is 4.01. The maximum atomic E-state index is 12.5. The number of hydrogen-bond donors (Lipinski definition) is 1. The lowest BCUT2D eigenvalue weighted by Crippen LogP contribution is -2.35. The number of benzene rings is 2. The van der Waals surface area contributed by atoms with Crippen LogP contribution in [0.25, 0.3) is 0 Å². The Morgan fingerprint density at radius 2 is 1.75 bits per heavy atom. The summed E-state index contributed by atoms with van der Waals surface area (Å²) in [5.74, 6) is -0.519. The second-order valence-electron chi connectivity index (χ2n) is 6.12. The molecule has 0 bridgehead atoms. The summed E-state index contributed by atoms with van der Waals surface area (Å²) in [6.45, 7) is 2.30. The molecule has 144 valence electrons. The van der Waals surface area contributed by atoms with Crippen LogP contribution in [-0.4, -0.2) is 18.0 Å². The van der Waals surface area contributed by atoms with Gasteiger partial charge in [0.15, 0.2) is 6.10 Å². The number of amides is 1. The summed E-state index contributed by atoms with van der Waals surface area (Å²) in [6, 6.07) is 20.4. The lowest BCUT2D eigenvalue weighted by Gasteiger charge is -2.15. The maximum Gasteiger partial charge on any atom is 0.342 e. The molecule has 1 aromatic heterocycles. The van der Waals surface area contributed by atoms with Gasteiger partial charge in [0.2, 0.25) is 0 Å². The van der Waals surface area contributed by atoms with Crippen molar-refractivity contribution in [2.75, 3.05) is 0 Å². The quantitative estimate of drug-likeness (QED) is 0.581. The molecule has 0 aliphatic carbocycles. The number of carbonyl (C=O) groups excluding carboxylic acids is 2. The van der Waals surface area contributed by atoms with Gasteiger partial charge < -0.3 is 14.8 Å². The van der Waals surface area contributed by atoms with Crippen molar-refractivity contribution in [1.29, 1.82) is 0 Å². The molecule has 0 spiro atoms. The van der Waals surface area contributed by atoms with Gasteiger partial charge in [0.25, 0.3) is 5.91 Å². The highest BCUT2D eigenvalue weighted by Crippen LogP contribution is 2.21. The van der Waals surface area contributed by atoms with E-state index in [9.17, 15) is 9.59 Å². The van der Waals surface area contributed by atoms with Crippen LogP contribution in [0.5, 0.6) is 5.75 Å². The smallest absolute Gasteiger partial charge is 0.342 e. The Morgan fingerprint density at radius 1 is 1.00 bits per heavy atom. The molecule has 0 aliphatic rings. The molecule has 1 unspecified atom stereocenters. The van der Waals surface area contributed by atoms with Crippen LogP contribution in [0.15, 0.2) is 72.1 Å². The summed E-state index contributed by atoms with van der Waals surface area (Å²) in [4.78, 5) is 25.8. The van der Waals surface area contributed by atoms with E-state index in [4.69, 9.17) is 9.47 Å². The van der Waals surface area contributed by atoms with Gasteiger partial charge in [-0.1, -0.05) is 48.5 Å². The molecule has 0 fully saturated rings. The van der Waals surface area contributed by atoms with Crippen LogP contribution in [0.1, 0.15) is 27.7 Å². The zero-order chi connectivity index (χ0) is 19.8. The van der Waals surface area contributed by atoms with Crippen molar-refractivity contribution in [3.63, 3.8) is 0 Å². The highest BCUT2D eigenvalue weighted by atomic mass is 32.1. The fourth-order valence-electron chi connectivity index (χ4n) is 2.51. The van der Waals surface area contributed by atoms with Crippen LogP contribution < -0.4 is 10.1 Å². The van der Waals surface area contributed by atoms with Crippen molar-refractivity contribution in [1.82, 2.24) is 5.32 Å². The standard InChI is InChI=1S/C22H21NO4S/c1-16(21(24)23-14-18-10-7-13-28-18)27-22(25)19-11-5-6-12-20(19)26-15-17-8-3-2-4-9-17/h2-13,16H,14-15H2,1H3,(H,23,24). The van der Waals surface area contributed by atoms with E-state index in [1.54, 1.807) is 42.5 Å². The van der Waals surface area contributed by atoms with E-state index in [0.717, 1.165) is 10.4 Å². The summed E-state index contributed by atoms with van der Waals surface area (Å²) >= 11 is 1.55. The lowest BCUT2D eigenvalue weighted by atomic mass is 10.2. The summed E-state index contributed by atoms with van der Waals surface area (Å²) in [7, 11) is 0. The lowest BCUT2D eigenvalue weighted by molar-refractivity contribution is -0.129. The molecule has 6 heteroatoms. The first-order valence-electron chi connectivity index (χ1n) is 8.90. The van der Waals surface area contributed by atoms with Gasteiger partial charge in [-0.3, -0.25) is 4.79 Å². The van der Waals surface area contributed by atoms with Crippen LogP contribution in [-0.2, 0) is 22.7 Å². The van der Waals surface area contributed by atoms with Crippen LogP contribution >= 0.6 is 11.3 Å². The summed E-state index contributed by atoms with van der Waals surface area (Å²) in [5, 5.41) is 4.71. The van der Waals surface area contributed by atoms with Crippen LogP contribution in [0.4, 0.5) is 0 Å². The molecule has 1 N–H and O–H groups in total. The SMILES string of the molecule is CC(OC(=O)c1ccccc1OCc1ccccc1)C(=O)NCc1cccs1. The van der Waals surface area contributed by atoms with Crippen molar-refractivity contribution < 1.29 is 19.1 Å². The second-order valence-corrected chi connectivity index (χ2v) is 7.15. The van der Waals surface area contributed by atoms with Crippen LogP contribution in [0, 0.1) is 0 Å². The van der Waals surface area contributed by atoms with Gasteiger partial charge >= 0.3 is 5.97 Å². The minimum absolute atomic E-state index is 0.288. The molecule has 1 heterocycles. The minimum Gasteiger partial charge on any atom is -0.488 e. The highest BCUT2D eigenvalue weighted by Gasteiger charge is 2.21. The Kier molecular flexibility index (Phi) is 6.81. The average Bonchev–Trinajstić information content (AvgIpc) is 3.25. The van der Waals surface area contributed by atoms with E-state index in [1.807, 2.05) is 47.8 Å². The fourth-order valence-corrected chi connectivity index (χ4v) is 3.15. The number of hydrogen-bond acceptors (Lipinski definition) is 5. The van der Waals surface area contributed by atoms with Crippen LogP contribution in [0.3, 0.4) is 0 Å². The number of carbonyl (C=O) groups is 2. The van der Waals surface area contributed by atoms with Gasteiger partial charge in [0.05, 0.1) is 6.54 Å². The molecule has 5 nitrogen and oxygen atoms in total. The minimum atomic E-state index is -0.908. The van der Waals surface area contributed by atoms with Crippen molar-refractivity contribution in [2.45, 2.75) is 26.2 Å². The molecule has 2 aromatic carbocycles. The van der Waals surface area contributed by atoms with Crippen molar-refractivity contribution in [3.05, 3.63) is 88.1 Å². The Hall–Kier alpha value is -3.12. The zero-order valence-electron chi connectivity index (χ0n) is 15.5. The van der Waals surface area contributed by atoms with Crippen molar-refractivity contribution in [3.8, 4) is 5.75 Å². The summed E-state index contributed by atoms with van der Waals surface area (Å²) < 4.78 is 11.1. The molecule has 0 saturated heterocycles. The fraction of sp³-hybridized carbons (Fsp3) is 0.182. The van der Waals surface area contributed by atoms with Gasteiger partial charge in [-0.15, -0.1) is 11.3 Å². The van der Waals surface area contributed by atoms with Gasteiger partial charge in [0.1, 0.15) is 17.9 Å². The number of ether oxygens (including phenoxy) is 2. The second kappa shape index (κ2) is 9.71. The highest BCUT2D eigenvalue weighted by molar-refractivity contribution is 7.09. The largest absolute Gasteiger partial charge is 0.488 e. The molecule has 0 radical (unpaired) electrons. The molecule has 3 aromatic rings.